The van der Waals surface area contributed by atoms with Crippen LogP contribution in [0.3, 0.4) is 0 Å². The first-order valence-electron chi connectivity index (χ1n) is 6.21. The van der Waals surface area contributed by atoms with Gasteiger partial charge in [0.05, 0.1) is 0 Å². The lowest BCUT2D eigenvalue weighted by molar-refractivity contribution is 0.345. The number of rotatable bonds is 4. The van der Waals surface area contributed by atoms with Crippen molar-refractivity contribution in [2.45, 2.75) is 38.5 Å². The summed E-state index contributed by atoms with van der Waals surface area (Å²) >= 11 is 3.38. The van der Waals surface area contributed by atoms with Crippen molar-refractivity contribution in [1.29, 1.82) is 0 Å². The average Bonchev–Trinajstić information content (AvgIpc) is 2.30. The van der Waals surface area contributed by atoms with E-state index in [2.05, 4.69) is 26.2 Å². The van der Waals surface area contributed by atoms with Crippen molar-refractivity contribution in [2.24, 2.45) is 5.92 Å². The van der Waals surface area contributed by atoms with Crippen LogP contribution in [0, 0.1) is 5.92 Å². The predicted octanol–water partition coefficient (Wildman–Crippen LogP) is 4.23. The monoisotopic (exact) mass is 282 g/mol. The highest BCUT2D eigenvalue weighted by Crippen LogP contribution is 2.26. The molecule has 2 rings (SSSR count). The molecular formula is C13H19BrN2. The number of halogens is 1. The molecule has 1 aliphatic rings. The van der Waals surface area contributed by atoms with Crippen LogP contribution in [-0.2, 0) is 0 Å². The largest absolute Gasteiger partial charge is 0.370 e. The Labute approximate surface area is 106 Å². The van der Waals surface area contributed by atoms with Crippen LogP contribution in [0.25, 0.3) is 0 Å². The summed E-state index contributed by atoms with van der Waals surface area (Å²) in [6.07, 6.45) is 8.44. The second kappa shape index (κ2) is 6.24. The maximum absolute atomic E-state index is 4.36. The van der Waals surface area contributed by atoms with Gasteiger partial charge in [-0.3, -0.25) is 0 Å². The quantitative estimate of drug-likeness (QED) is 0.836. The highest BCUT2D eigenvalue weighted by molar-refractivity contribution is 9.10. The first-order chi connectivity index (χ1) is 7.84. The molecule has 0 saturated heterocycles. The van der Waals surface area contributed by atoms with Gasteiger partial charge < -0.3 is 5.32 Å². The molecule has 1 saturated carbocycles. The van der Waals surface area contributed by atoms with Crippen molar-refractivity contribution in [3.05, 3.63) is 22.8 Å². The third kappa shape index (κ3) is 3.78. The molecule has 0 bridgehead atoms. The fourth-order valence-corrected chi connectivity index (χ4v) is 2.73. The molecule has 0 unspecified atom stereocenters. The molecule has 1 aromatic heterocycles. The first kappa shape index (κ1) is 11.9. The molecule has 1 fully saturated rings. The van der Waals surface area contributed by atoms with E-state index in [-0.39, 0.29) is 0 Å². The SMILES string of the molecule is Brc1cccc(NCCC2CCCCC2)n1. The van der Waals surface area contributed by atoms with Crippen LogP contribution >= 0.6 is 15.9 Å². The molecular weight excluding hydrogens is 264 g/mol. The molecule has 2 nitrogen and oxygen atoms in total. The number of hydrogen-bond donors (Lipinski definition) is 1. The Hall–Kier alpha value is -0.570. The lowest BCUT2D eigenvalue weighted by atomic mass is 9.87. The van der Waals surface area contributed by atoms with Crippen molar-refractivity contribution < 1.29 is 0 Å². The molecule has 16 heavy (non-hydrogen) atoms. The van der Waals surface area contributed by atoms with Gasteiger partial charge in [-0.2, -0.15) is 0 Å². The van der Waals surface area contributed by atoms with E-state index in [0.29, 0.717) is 0 Å². The lowest BCUT2D eigenvalue weighted by Crippen LogP contribution is -2.12. The van der Waals surface area contributed by atoms with E-state index < -0.39 is 0 Å². The maximum atomic E-state index is 4.36. The maximum Gasteiger partial charge on any atom is 0.127 e. The second-order valence-electron chi connectivity index (χ2n) is 4.57. The normalized spacial score (nSPS) is 17.3. The van der Waals surface area contributed by atoms with Gasteiger partial charge in [0.2, 0.25) is 0 Å². The highest BCUT2D eigenvalue weighted by Gasteiger charge is 2.12. The van der Waals surface area contributed by atoms with E-state index in [1.165, 1.54) is 38.5 Å². The van der Waals surface area contributed by atoms with E-state index >= 15 is 0 Å². The molecule has 0 amide bonds. The van der Waals surface area contributed by atoms with E-state index in [1.54, 1.807) is 0 Å². The second-order valence-corrected chi connectivity index (χ2v) is 5.38. The third-order valence-corrected chi connectivity index (χ3v) is 3.74. The zero-order valence-corrected chi connectivity index (χ0v) is 11.2. The van der Waals surface area contributed by atoms with Crippen molar-refractivity contribution in [3.8, 4) is 0 Å². The van der Waals surface area contributed by atoms with Crippen molar-refractivity contribution >= 4 is 21.7 Å². The van der Waals surface area contributed by atoms with Gasteiger partial charge in [-0.15, -0.1) is 0 Å². The molecule has 1 aromatic rings. The Bertz CT molecular complexity index is 321. The molecule has 0 aromatic carbocycles. The minimum Gasteiger partial charge on any atom is -0.370 e. The molecule has 1 aliphatic carbocycles. The van der Waals surface area contributed by atoms with Crippen LogP contribution in [0.4, 0.5) is 5.82 Å². The first-order valence-corrected chi connectivity index (χ1v) is 7.00. The fraction of sp³-hybridized carbons (Fsp3) is 0.615. The Morgan fingerprint density at radius 2 is 2.06 bits per heavy atom. The van der Waals surface area contributed by atoms with E-state index in [4.69, 9.17) is 0 Å². The summed E-state index contributed by atoms with van der Waals surface area (Å²) in [5, 5.41) is 3.39. The molecule has 1 N–H and O–H groups in total. The number of pyridine rings is 1. The fourth-order valence-electron chi connectivity index (χ4n) is 2.39. The number of anilines is 1. The van der Waals surface area contributed by atoms with Gasteiger partial charge >= 0.3 is 0 Å². The molecule has 0 atom stereocenters. The van der Waals surface area contributed by atoms with E-state index in [0.717, 1.165) is 22.9 Å². The van der Waals surface area contributed by atoms with Crippen LogP contribution in [0.15, 0.2) is 22.8 Å². The molecule has 3 heteroatoms. The Morgan fingerprint density at radius 3 is 2.81 bits per heavy atom. The summed E-state index contributed by atoms with van der Waals surface area (Å²) in [6.45, 7) is 1.05. The summed E-state index contributed by atoms with van der Waals surface area (Å²) in [5.74, 6) is 1.92. The molecule has 0 aliphatic heterocycles. The summed E-state index contributed by atoms with van der Waals surface area (Å²) in [4.78, 5) is 4.36. The number of nitrogens with zero attached hydrogens (tertiary/aromatic N) is 1. The van der Waals surface area contributed by atoms with Crippen molar-refractivity contribution in [1.82, 2.24) is 4.98 Å². The number of nitrogens with one attached hydrogen (secondary N) is 1. The topological polar surface area (TPSA) is 24.9 Å². The van der Waals surface area contributed by atoms with Gasteiger partial charge in [-0.25, -0.2) is 4.98 Å². The Kier molecular flexibility index (Phi) is 4.64. The van der Waals surface area contributed by atoms with Gasteiger partial charge in [0, 0.05) is 6.54 Å². The van der Waals surface area contributed by atoms with Gasteiger partial charge in [0.1, 0.15) is 10.4 Å². The van der Waals surface area contributed by atoms with Crippen LogP contribution in [0.1, 0.15) is 38.5 Å². The standard InChI is InChI=1S/C13H19BrN2/c14-12-7-4-8-13(16-12)15-10-9-11-5-2-1-3-6-11/h4,7-8,11H,1-3,5-6,9-10H2,(H,15,16). The van der Waals surface area contributed by atoms with Crippen LogP contribution in [-0.4, -0.2) is 11.5 Å². The zero-order valence-electron chi connectivity index (χ0n) is 9.58. The zero-order chi connectivity index (χ0) is 11.2. The average molecular weight is 283 g/mol. The van der Waals surface area contributed by atoms with Gasteiger partial charge in [0.25, 0.3) is 0 Å². The smallest absolute Gasteiger partial charge is 0.127 e. The molecule has 0 radical (unpaired) electrons. The minimum atomic E-state index is 0.898. The Morgan fingerprint density at radius 1 is 1.25 bits per heavy atom. The van der Waals surface area contributed by atoms with Crippen LogP contribution < -0.4 is 5.32 Å². The summed E-state index contributed by atoms with van der Waals surface area (Å²) in [6, 6.07) is 5.98. The summed E-state index contributed by atoms with van der Waals surface area (Å²) < 4.78 is 0.898. The molecule has 0 spiro atoms. The number of aromatic nitrogens is 1. The molecule has 1 heterocycles. The van der Waals surface area contributed by atoms with Crippen LogP contribution in [0.5, 0.6) is 0 Å². The van der Waals surface area contributed by atoms with E-state index in [1.807, 2.05) is 18.2 Å². The summed E-state index contributed by atoms with van der Waals surface area (Å²) in [5.41, 5.74) is 0. The predicted molar refractivity (Wildman–Crippen MR) is 71.6 cm³/mol. The van der Waals surface area contributed by atoms with Gasteiger partial charge in [0.15, 0.2) is 0 Å². The van der Waals surface area contributed by atoms with Crippen LogP contribution in [0.2, 0.25) is 0 Å². The Balaban J connectivity index is 1.71. The van der Waals surface area contributed by atoms with Crippen molar-refractivity contribution in [2.75, 3.05) is 11.9 Å². The molecule has 88 valence electrons. The minimum absolute atomic E-state index is 0.898. The van der Waals surface area contributed by atoms with Gasteiger partial charge in [-0.1, -0.05) is 38.2 Å². The third-order valence-electron chi connectivity index (χ3n) is 3.30. The van der Waals surface area contributed by atoms with E-state index in [9.17, 15) is 0 Å². The highest BCUT2D eigenvalue weighted by atomic mass is 79.9. The number of hydrogen-bond acceptors (Lipinski definition) is 2. The lowest BCUT2D eigenvalue weighted by Gasteiger charge is -2.21. The van der Waals surface area contributed by atoms with Gasteiger partial charge in [-0.05, 0) is 40.4 Å². The van der Waals surface area contributed by atoms with Crippen molar-refractivity contribution in [3.63, 3.8) is 0 Å². The summed E-state index contributed by atoms with van der Waals surface area (Å²) in [7, 11) is 0.